The first-order chi connectivity index (χ1) is 7.76. The highest BCUT2D eigenvalue weighted by atomic mass is 32.1. The van der Waals surface area contributed by atoms with Crippen molar-refractivity contribution < 1.29 is 4.79 Å². The molecule has 1 aliphatic carbocycles. The van der Waals surface area contributed by atoms with Gasteiger partial charge in [0.1, 0.15) is 0 Å². The maximum absolute atomic E-state index is 12.2. The van der Waals surface area contributed by atoms with E-state index in [-0.39, 0.29) is 5.92 Å². The van der Waals surface area contributed by atoms with E-state index < -0.39 is 0 Å². The number of hydrogen-bond donors (Lipinski definition) is 0. The van der Waals surface area contributed by atoms with Gasteiger partial charge in [-0.15, -0.1) is 11.3 Å². The van der Waals surface area contributed by atoms with Gasteiger partial charge in [-0.25, -0.2) is 4.98 Å². The molecule has 0 saturated carbocycles. The number of amides is 1. The lowest BCUT2D eigenvalue weighted by Gasteiger charge is -2.27. The Morgan fingerprint density at radius 3 is 3.00 bits per heavy atom. The SMILES string of the molecule is CCN(CC)C(=O)C1CCc2ncsc2C1. The first-order valence-corrected chi connectivity index (χ1v) is 6.84. The number of rotatable bonds is 3. The van der Waals surface area contributed by atoms with Crippen molar-refractivity contribution >= 4 is 17.2 Å². The molecule has 0 aliphatic heterocycles. The molecular weight excluding hydrogens is 220 g/mol. The molecule has 4 heteroatoms. The number of nitrogens with zero attached hydrogens (tertiary/aromatic N) is 2. The van der Waals surface area contributed by atoms with Crippen molar-refractivity contribution in [1.29, 1.82) is 0 Å². The van der Waals surface area contributed by atoms with E-state index in [9.17, 15) is 4.79 Å². The molecule has 3 nitrogen and oxygen atoms in total. The minimum atomic E-state index is 0.188. The number of carbonyl (C=O) groups excluding carboxylic acids is 1. The second-order valence-corrected chi connectivity index (χ2v) is 5.11. The van der Waals surface area contributed by atoms with Gasteiger partial charge in [0.15, 0.2) is 0 Å². The Morgan fingerprint density at radius 1 is 1.56 bits per heavy atom. The molecule has 0 bridgehead atoms. The fourth-order valence-corrected chi connectivity index (χ4v) is 3.20. The van der Waals surface area contributed by atoms with E-state index >= 15 is 0 Å². The minimum absolute atomic E-state index is 0.188. The van der Waals surface area contributed by atoms with Crippen LogP contribution >= 0.6 is 11.3 Å². The summed E-state index contributed by atoms with van der Waals surface area (Å²) in [5.41, 5.74) is 3.11. The molecule has 0 saturated heterocycles. The Hall–Kier alpha value is -0.900. The number of fused-ring (bicyclic) bond motifs is 1. The molecule has 88 valence electrons. The molecule has 0 fully saturated rings. The van der Waals surface area contributed by atoms with Crippen LogP contribution in [0.25, 0.3) is 0 Å². The van der Waals surface area contributed by atoms with Gasteiger partial charge in [-0.1, -0.05) is 0 Å². The van der Waals surface area contributed by atoms with Gasteiger partial charge in [-0.2, -0.15) is 0 Å². The largest absolute Gasteiger partial charge is 0.343 e. The molecule has 0 spiro atoms. The average Bonchev–Trinajstić information content (AvgIpc) is 2.77. The van der Waals surface area contributed by atoms with Crippen molar-refractivity contribution in [2.75, 3.05) is 13.1 Å². The summed E-state index contributed by atoms with van der Waals surface area (Å²) in [6, 6.07) is 0. The maximum atomic E-state index is 12.2. The number of carbonyl (C=O) groups is 1. The predicted molar refractivity (Wildman–Crippen MR) is 65.6 cm³/mol. The highest BCUT2D eigenvalue weighted by Crippen LogP contribution is 2.28. The number of aromatic nitrogens is 1. The summed E-state index contributed by atoms with van der Waals surface area (Å²) in [5, 5.41) is 0. The molecule has 0 radical (unpaired) electrons. The zero-order valence-corrected chi connectivity index (χ0v) is 10.7. The summed E-state index contributed by atoms with van der Waals surface area (Å²) in [5.74, 6) is 0.511. The standard InChI is InChI=1S/C12H18N2OS/c1-3-14(4-2)12(15)9-5-6-10-11(7-9)16-8-13-10/h8-9H,3-7H2,1-2H3. The van der Waals surface area contributed by atoms with E-state index in [0.717, 1.165) is 32.4 Å². The van der Waals surface area contributed by atoms with Gasteiger partial charge < -0.3 is 4.90 Å². The minimum Gasteiger partial charge on any atom is -0.343 e. The first-order valence-electron chi connectivity index (χ1n) is 5.96. The monoisotopic (exact) mass is 238 g/mol. The van der Waals surface area contributed by atoms with E-state index in [4.69, 9.17) is 0 Å². The second kappa shape index (κ2) is 4.95. The summed E-state index contributed by atoms with van der Waals surface area (Å²) in [4.78, 5) is 19.8. The van der Waals surface area contributed by atoms with E-state index in [1.807, 2.05) is 24.3 Å². The lowest BCUT2D eigenvalue weighted by molar-refractivity contribution is -0.135. The highest BCUT2D eigenvalue weighted by molar-refractivity contribution is 7.09. The molecule has 1 heterocycles. The molecule has 1 atom stereocenters. The van der Waals surface area contributed by atoms with Crippen LogP contribution < -0.4 is 0 Å². The summed E-state index contributed by atoms with van der Waals surface area (Å²) in [7, 11) is 0. The van der Waals surface area contributed by atoms with Crippen molar-refractivity contribution in [2.45, 2.75) is 33.1 Å². The Bertz CT molecular complexity index is 371. The van der Waals surface area contributed by atoms with Crippen LogP contribution in [-0.2, 0) is 17.6 Å². The molecule has 1 aromatic heterocycles. The van der Waals surface area contributed by atoms with Crippen LogP contribution in [0.2, 0.25) is 0 Å². The number of aryl methyl sites for hydroxylation is 1. The van der Waals surface area contributed by atoms with Crippen molar-refractivity contribution in [1.82, 2.24) is 9.88 Å². The van der Waals surface area contributed by atoms with E-state index in [1.54, 1.807) is 11.3 Å². The second-order valence-electron chi connectivity index (χ2n) is 4.17. The Balaban J connectivity index is 2.05. The van der Waals surface area contributed by atoms with Gasteiger partial charge in [-0.3, -0.25) is 4.79 Å². The average molecular weight is 238 g/mol. The quantitative estimate of drug-likeness (QED) is 0.808. The molecular formula is C12H18N2OS. The normalized spacial score (nSPS) is 19.2. The summed E-state index contributed by atoms with van der Waals surface area (Å²) < 4.78 is 0. The Kier molecular flexibility index (Phi) is 3.59. The fraction of sp³-hybridized carbons (Fsp3) is 0.667. The zero-order valence-electron chi connectivity index (χ0n) is 9.90. The van der Waals surface area contributed by atoms with Crippen LogP contribution in [0, 0.1) is 5.92 Å². The predicted octanol–water partition coefficient (Wildman–Crippen LogP) is 2.12. The lowest BCUT2D eigenvalue weighted by Crippen LogP contribution is -2.38. The van der Waals surface area contributed by atoms with Crippen LogP contribution in [0.5, 0.6) is 0 Å². The third-order valence-electron chi connectivity index (χ3n) is 3.31. The summed E-state index contributed by atoms with van der Waals surface area (Å²) >= 11 is 1.69. The van der Waals surface area contributed by atoms with Crippen molar-refractivity contribution in [2.24, 2.45) is 5.92 Å². The molecule has 0 aromatic carbocycles. The van der Waals surface area contributed by atoms with Crippen LogP contribution in [0.15, 0.2) is 5.51 Å². The van der Waals surface area contributed by atoms with Gasteiger partial charge in [0.2, 0.25) is 5.91 Å². The highest BCUT2D eigenvalue weighted by Gasteiger charge is 2.28. The topological polar surface area (TPSA) is 33.2 Å². The van der Waals surface area contributed by atoms with Crippen LogP contribution in [0.3, 0.4) is 0 Å². The Morgan fingerprint density at radius 2 is 2.31 bits per heavy atom. The molecule has 2 rings (SSSR count). The molecule has 16 heavy (non-hydrogen) atoms. The van der Waals surface area contributed by atoms with Gasteiger partial charge in [0.05, 0.1) is 11.2 Å². The Labute approximate surface area is 100 Å². The lowest BCUT2D eigenvalue weighted by atomic mass is 9.90. The van der Waals surface area contributed by atoms with Crippen LogP contribution in [0.1, 0.15) is 30.8 Å². The van der Waals surface area contributed by atoms with Crippen molar-refractivity contribution in [3.05, 3.63) is 16.1 Å². The van der Waals surface area contributed by atoms with Gasteiger partial charge in [-0.05, 0) is 33.1 Å². The zero-order chi connectivity index (χ0) is 11.5. The van der Waals surface area contributed by atoms with E-state index in [1.165, 1.54) is 10.6 Å². The number of thiazole rings is 1. The smallest absolute Gasteiger partial charge is 0.226 e. The van der Waals surface area contributed by atoms with Gasteiger partial charge in [0, 0.05) is 23.9 Å². The third-order valence-corrected chi connectivity index (χ3v) is 4.21. The molecule has 0 N–H and O–H groups in total. The van der Waals surface area contributed by atoms with Crippen LogP contribution in [0.4, 0.5) is 0 Å². The van der Waals surface area contributed by atoms with Gasteiger partial charge >= 0.3 is 0 Å². The first kappa shape index (κ1) is 11.6. The third kappa shape index (κ3) is 2.12. The molecule has 1 amide bonds. The fourth-order valence-electron chi connectivity index (χ4n) is 2.30. The molecule has 1 unspecified atom stereocenters. The van der Waals surface area contributed by atoms with Gasteiger partial charge in [0.25, 0.3) is 0 Å². The van der Waals surface area contributed by atoms with Crippen LogP contribution in [-0.4, -0.2) is 28.9 Å². The van der Waals surface area contributed by atoms with Crippen molar-refractivity contribution in [3.8, 4) is 0 Å². The summed E-state index contributed by atoms with van der Waals surface area (Å²) in [6.45, 7) is 5.73. The summed E-state index contributed by atoms with van der Waals surface area (Å²) in [6.07, 6.45) is 2.83. The molecule has 1 aromatic rings. The molecule has 1 aliphatic rings. The van der Waals surface area contributed by atoms with E-state index in [2.05, 4.69) is 4.98 Å². The van der Waals surface area contributed by atoms with Crippen molar-refractivity contribution in [3.63, 3.8) is 0 Å². The van der Waals surface area contributed by atoms with E-state index in [0.29, 0.717) is 5.91 Å². The number of hydrogen-bond acceptors (Lipinski definition) is 3. The maximum Gasteiger partial charge on any atom is 0.226 e.